The van der Waals surface area contributed by atoms with Gasteiger partial charge < -0.3 is 29.6 Å². The molecule has 0 bridgehead atoms. The van der Waals surface area contributed by atoms with Gasteiger partial charge in [0.25, 0.3) is 5.09 Å². The van der Waals surface area contributed by atoms with Gasteiger partial charge in [0.1, 0.15) is 37.9 Å². The number of nitrogens with one attached hydrogen (secondary N) is 1. The van der Waals surface area contributed by atoms with Gasteiger partial charge in [-0.25, -0.2) is 19.7 Å². The zero-order valence-corrected chi connectivity index (χ0v) is 18.0. The second-order valence-corrected chi connectivity index (χ2v) is 8.94. The Morgan fingerprint density at radius 2 is 2.00 bits per heavy atom. The van der Waals surface area contributed by atoms with E-state index in [-0.39, 0.29) is 30.2 Å². The fourth-order valence-corrected chi connectivity index (χ4v) is 4.45. The number of rotatable bonds is 11. The second-order valence-electron chi connectivity index (χ2n) is 6.24. The Kier molecular flexibility index (Phi) is 8.65. The highest BCUT2D eigenvalue weighted by Crippen LogP contribution is 2.32. The molecule has 0 spiro atoms. The number of fused-ring (bicyclic) bond motifs is 1. The van der Waals surface area contributed by atoms with Crippen LogP contribution < -0.4 is 5.32 Å². The molecule has 176 valence electrons. The van der Waals surface area contributed by atoms with Crippen LogP contribution in [-0.4, -0.2) is 95.7 Å². The number of aliphatic hydroxyl groups is 3. The minimum absolute atomic E-state index is 0.0229. The Balaban J connectivity index is 1.52. The van der Waals surface area contributed by atoms with Crippen molar-refractivity contribution in [1.29, 1.82) is 0 Å². The number of hydrogen-bond acceptors (Lipinski definition) is 14. The highest BCUT2D eigenvalue weighted by molar-refractivity contribution is 8.76. The molecule has 4 N–H and O–H groups in total. The van der Waals surface area contributed by atoms with Crippen LogP contribution in [0, 0.1) is 10.1 Å². The quantitative estimate of drug-likeness (QED) is 0.136. The first-order valence-electron chi connectivity index (χ1n) is 9.18. The third-order valence-corrected chi connectivity index (χ3v) is 6.55. The summed E-state index contributed by atoms with van der Waals surface area (Å²) >= 11 is 0. The van der Waals surface area contributed by atoms with Gasteiger partial charge in [-0.3, -0.25) is 9.88 Å². The summed E-state index contributed by atoms with van der Waals surface area (Å²) in [5.41, 5.74) is 0.437. The van der Waals surface area contributed by atoms with Gasteiger partial charge in [-0.2, -0.15) is 0 Å². The summed E-state index contributed by atoms with van der Waals surface area (Å²) in [5.74, 6) is 0.939. The molecular weight excluding hydrogens is 472 g/mol. The van der Waals surface area contributed by atoms with Crippen molar-refractivity contribution in [3.8, 4) is 0 Å². The maximum absolute atomic E-state index is 12.0. The number of amides is 1. The molecule has 3 heterocycles. The molecule has 1 unspecified atom stereocenters. The first-order valence-corrected chi connectivity index (χ1v) is 11.7. The number of aliphatic hydroxyl groups excluding tert-OH is 3. The van der Waals surface area contributed by atoms with Crippen LogP contribution in [0.5, 0.6) is 0 Å². The van der Waals surface area contributed by atoms with E-state index in [4.69, 9.17) is 9.47 Å². The van der Waals surface area contributed by atoms with E-state index < -0.39 is 42.3 Å². The molecule has 4 atom stereocenters. The van der Waals surface area contributed by atoms with E-state index in [0.29, 0.717) is 11.5 Å². The number of carbonyl (C=O) groups is 1. The van der Waals surface area contributed by atoms with Crippen LogP contribution in [0.2, 0.25) is 0 Å². The van der Waals surface area contributed by atoms with E-state index in [2.05, 4.69) is 25.1 Å². The molecule has 32 heavy (non-hydrogen) atoms. The Morgan fingerprint density at radius 1 is 1.25 bits per heavy atom. The van der Waals surface area contributed by atoms with Crippen LogP contribution in [-0.2, 0) is 14.3 Å². The first-order chi connectivity index (χ1) is 15.4. The Labute approximate surface area is 188 Å². The standard InChI is InChI=1S/C15H20N6O9S2/c22-5-8-10(23)11(24)14(30-8)20-7-18-9-12(16-6-17-13(9)20)19-15(25)28-1-3-31-32-4-2-29-21(26)27/h6-8,10-11,14,22-24H,1-5H2,(H,16,17,19,25)/t8-,10-,11-,14?/m1/s1. The molecule has 0 saturated carbocycles. The topological polar surface area (TPSA) is 204 Å². The smallest absolute Gasteiger partial charge is 0.412 e. The summed E-state index contributed by atoms with van der Waals surface area (Å²) in [4.78, 5) is 38.4. The first kappa shape index (κ1) is 24.2. The average molecular weight is 492 g/mol. The molecule has 3 rings (SSSR count). The lowest BCUT2D eigenvalue weighted by Crippen LogP contribution is -2.33. The van der Waals surface area contributed by atoms with Crippen molar-refractivity contribution in [2.24, 2.45) is 0 Å². The normalized spacial score (nSPS) is 22.7. The lowest BCUT2D eigenvalue weighted by molar-refractivity contribution is -0.756. The summed E-state index contributed by atoms with van der Waals surface area (Å²) in [5, 5.41) is 41.0. The van der Waals surface area contributed by atoms with E-state index in [0.717, 1.165) is 0 Å². The van der Waals surface area contributed by atoms with E-state index in [9.17, 15) is 30.2 Å². The molecule has 0 aromatic carbocycles. The zero-order valence-electron chi connectivity index (χ0n) is 16.3. The molecule has 15 nitrogen and oxygen atoms in total. The molecule has 1 aliphatic rings. The largest absolute Gasteiger partial charge is 0.448 e. The number of carbonyl (C=O) groups excluding carboxylic acids is 1. The zero-order chi connectivity index (χ0) is 23.1. The average Bonchev–Trinajstić information content (AvgIpc) is 3.31. The van der Waals surface area contributed by atoms with Gasteiger partial charge in [-0.05, 0) is 0 Å². The number of ether oxygens (including phenoxy) is 2. The monoisotopic (exact) mass is 492 g/mol. The van der Waals surface area contributed by atoms with Crippen LogP contribution in [0.25, 0.3) is 11.2 Å². The second kappa shape index (κ2) is 11.4. The van der Waals surface area contributed by atoms with Crippen molar-refractivity contribution < 1.29 is 39.5 Å². The lowest BCUT2D eigenvalue weighted by atomic mass is 10.1. The SMILES string of the molecule is O=C(Nc1ncnc2c1ncn2C1O[C@H](CO)[C@@H](O)[C@H]1O)OCCSSCCO[N+](=O)[O-]. The van der Waals surface area contributed by atoms with Crippen LogP contribution in [0.1, 0.15) is 6.23 Å². The van der Waals surface area contributed by atoms with Crippen molar-refractivity contribution in [2.75, 3.05) is 36.6 Å². The summed E-state index contributed by atoms with van der Waals surface area (Å²) in [6, 6.07) is 0. The van der Waals surface area contributed by atoms with Crippen LogP contribution in [0.4, 0.5) is 10.6 Å². The van der Waals surface area contributed by atoms with Gasteiger partial charge in [-0.15, -0.1) is 10.1 Å². The summed E-state index contributed by atoms with van der Waals surface area (Å²) < 4.78 is 11.9. The Hall–Kier alpha value is -2.44. The molecule has 2 aromatic rings. The van der Waals surface area contributed by atoms with Crippen molar-refractivity contribution in [2.45, 2.75) is 24.5 Å². The maximum atomic E-state index is 12.0. The van der Waals surface area contributed by atoms with Gasteiger partial charge in [0.05, 0.1) is 12.9 Å². The van der Waals surface area contributed by atoms with Gasteiger partial charge in [0.15, 0.2) is 23.2 Å². The Bertz CT molecular complexity index is 934. The lowest BCUT2D eigenvalue weighted by Gasteiger charge is -2.16. The number of hydrogen-bond donors (Lipinski definition) is 4. The van der Waals surface area contributed by atoms with Crippen molar-refractivity contribution in [1.82, 2.24) is 19.5 Å². The molecule has 2 aromatic heterocycles. The predicted molar refractivity (Wildman–Crippen MR) is 111 cm³/mol. The predicted octanol–water partition coefficient (Wildman–Crippen LogP) is -0.424. The van der Waals surface area contributed by atoms with E-state index in [1.807, 2.05) is 0 Å². The summed E-state index contributed by atoms with van der Waals surface area (Å²) in [6.07, 6.45) is -2.87. The third-order valence-electron chi connectivity index (χ3n) is 4.22. The molecule has 1 saturated heterocycles. The fourth-order valence-electron chi connectivity index (χ4n) is 2.80. The van der Waals surface area contributed by atoms with Gasteiger partial charge in [-0.1, -0.05) is 21.6 Å². The third kappa shape index (κ3) is 5.87. The van der Waals surface area contributed by atoms with Crippen LogP contribution in [0.3, 0.4) is 0 Å². The molecular formula is C15H20N6O9S2. The van der Waals surface area contributed by atoms with E-state index in [1.54, 1.807) is 0 Å². The molecule has 1 aliphatic heterocycles. The molecule has 1 fully saturated rings. The molecule has 0 aliphatic carbocycles. The summed E-state index contributed by atoms with van der Waals surface area (Å²) in [7, 11) is 2.71. The van der Waals surface area contributed by atoms with Crippen molar-refractivity contribution >= 4 is 44.7 Å². The van der Waals surface area contributed by atoms with Crippen molar-refractivity contribution in [3.05, 3.63) is 22.8 Å². The van der Waals surface area contributed by atoms with Crippen LogP contribution >= 0.6 is 21.6 Å². The highest BCUT2D eigenvalue weighted by atomic mass is 33.1. The van der Waals surface area contributed by atoms with Crippen LogP contribution in [0.15, 0.2) is 12.7 Å². The van der Waals surface area contributed by atoms with Gasteiger partial charge in [0.2, 0.25) is 0 Å². The molecule has 1 amide bonds. The fraction of sp³-hybridized carbons (Fsp3) is 0.600. The molecule has 0 radical (unpaired) electrons. The highest BCUT2D eigenvalue weighted by Gasteiger charge is 2.44. The number of imidazole rings is 1. The van der Waals surface area contributed by atoms with Gasteiger partial charge >= 0.3 is 6.09 Å². The number of anilines is 1. The minimum atomic E-state index is -1.32. The summed E-state index contributed by atoms with van der Waals surface area (Å²) in [6.45, 7) is -0.409. The van der Waals surface area contributed by atoms with Gasteiger partial charge in [0, 0.05) is 11.5 Å². The van der Waals surface area contributed by atoms with Crippen molar-refractivity contribution in [3.63, 3.8) is 0 Å². The number of nitrogens with zero attached hydrogens (tertiary/aromatic N) is 5. The van der Waals surface area contributed by atoms with E-state index in [1.165, 1.54) is 38.8 Å². The maximum Gasteiger partial charge on any atom is 0.412 e. The minimum Gasteiger partial charge on any atom is -0.448 e. The number of aromatic nitrogens is 4. The molecule has 17 heteroatoms. The Morgan fingerprint density at radius 3 is 2.69 bits per heavy atom. The van der Waals surface area contributed by atoms with E-state index >= 15 is 0 Å².